The lowest BCUT2D eigenvalue weighted by Gasteiger charge is -2.30. The van der Waals surface area contributed by atoms with Gasteiger partial charge in [-0.25, -0.2) is 8.42 Å². The average molecular weight is 449 g/mol. The standard InChI is InChI=1S/C23H32N2O5S/c1-6-21(25(31(5,27)28)18-11-13-19(29-4)14-12-18)23(26)24-15-16-30-22-10-8-7-9-20(22)17(2)3/h7-14,17,21H,6,15-16H2,1-5H3,(H,24,26)/t21-/m1/s1. The van der Waals surface area contributed by atoms with Crippen molar-refractivity contribution in [2.24, 2.45) is 0 Å². The molecular weight excluding hydrogens is 416 g/mol. The lowest BCUT2D eigenvalue weighted by molar-refractivity contribution is -0.122. The fraction of sp³-hybridized carbons (Fsp3) is 0.435. The number of nitrogens with zero attached hydrogens (tertiary/aromatic N) is 1. The van der Waals surface area contributed by atoms with Crippen molar-refractivity contribution in [3.05, 3.63) is 54.1 Å². The number of methoxy groups -OCH3 is 1. The van der Waals surface area contributed by atoms with Crippen LogP contribution >= 0.6 is 0 Å². The molecule has 0 bridgehead atoms. The maximum absolute atomic E-state index is 12.8. The van der Waals surface area contributed by atoms with Crippen molar-refractivity contribution in [2.45, 2.75) is 39.2 Å². The topological polar surface area (TPSA) is 84.9 Å². The summed E-state index contributed by atoms with van der Waals surface area (Å²) in [6.45, 7) is 6.51. The molecule has 2 aromatic rings. The number of sulfonamides is 1. The summed E-state index contributed by atoms with van der Waals surface area (Å²) in [5.41, 5.74) is 1.51. The predicted octanol–water partition coefficient (Wildman–Crippen LogP) is 3.56. The fourth-order valence-corrected chi connectivity index (χ4v) is 4.54. The Morgan fingerprint density at radius 2 is 1.74 bits per heavy atom. The number of hydrogen-bond donors (Lipinski definition) is 1. The van der Waals surface area contributed by atoms with Crippen LogP contribution in [0.3, 0.4) is 0 Å². The number of hydrogen-bond acceptors (Lipinski definition) is 5. The van der Waals surface area contributed by atoms with Crippen molar-refractivity contribution >= 4 is 21.6 Å². The van der Waals surface area contributed by atoms with E-state index >= 15 is 0 Å². The lowest BCUT2D eigenvalue weighted by atomic mass is 10.0. The van der Waals surface area contributed by atoms with Crippen molar-refractivity contribution in [3.8, 4) is 11.5 Å². The molecule has 0 spiro atoms. The summed E-state index contributed by atoms with van der Waals surface area (Å²) in [7, 11) is -2.15. The SMILES string of the molecule is CC[C@H](C(=O)NCCOc1ccccc1C(C)C)N(c1ccc(OC)cc1)S(C)(=O)=O. The van der Waals surface area contributed by atoms with Crippen LogP contribution < -0.4 is 19.1 Å². The number of amides is 1. The summed E-state index contributed by atoms with van der Waals surface area (Å²) >= 11 is 0. The minimum absolute atomic E-state index is 0.266. The maximum atomic E-state index is 12.8. The number of para-hydroxylation sites is 1. The Morgan fingerprint density at radius 1 is 1.10 bits per heavy atom. The Kier molecular flexibility index (Phi) is 8.74. The Hall–Kier alpha value is -2.74. The number of carbonyl (C=O) groups is 1. The van der Waals surface area contributed by atoms with Crippen molar-refractivity contribution in [1.29, 1.82) is 0 Å². The first-order valence-corrected chi connectivity index (χ1v) is 12.2. The monoisotopic (exact) mass is 448 g/mol. The highest BCUT2D eigenvalue weighted by Gasteiger charge is 2.31. The largest absolute Gasteiger partial charge is 0.497 e. The quantitative estimate of drug-likeness (QED) is 0.532. The van der Waals surface area contributed by atoms with Crippen molar-refractivity contribution in [2.75, 3.05) is 30.8 Å². The first-order chi connectivity index (χ1) is 14.7. The van der Waals surface area contributed by atoms with Gasteiger partial charge in [-0.1, -0.05) is 39.0 Å². The summed E-state index contributed by atoms with van der Waals surface area (Å²) in [6.07, 6.45) is 1.42. The molecule has 0 aliphatic heterocycles. The van der Waals surface area contributed by atoms with E-state index in [1.165, 1.54) is 7.11 Å². The van der Waals surface area contributed by atoms with E-state index in [-0.39, 0.29) is 19.1 Å². The average Bonchev–Trinajstić information content (AvgIpc) is 2.74. The van der Waals surface area contributed by atoms with Crippen molar-refractivity contribution in [3.63, 3.8) is 0 Å². The molecule has 1 atom stereocenters. The number of carbonyl (C=O) groups excluding carboxylic acids is 1. The zero-order chi connectivity index (χ0) is 23.0. The van der Waals surface area contributed by atoms with Gasteiger partial charge in [0, 0.05) is 0 Å². The summed E-state index contributed by atoms with van der Waals surface area (Å²) in [5.74, 6) is 1.34. The Bertz CT molecular complexity index is 958. The normalized spacial score (nSPS) is 12.3. The predicted molar refractivity (Wildman–Crippen MR) is 123 cm³/mol. The van der Waals surface area contributed by atoms with E-state index in [9.17, 15) is 13.2 Å². The second-order valence-electron chi connectivity index (χ2n) is 7.51. The minimum atomic E-state index is -3.68. The van der Waals surface area contributed by atoms with Crippen molar-refractivity contribution in [1.82, 2.24) is 5.32 Å². The first-order valence-electron chi connectivity index (χ1n) is 10.3. The van der Waals surface area contributed by atoms with Crippen LogP contribution in [0.1, 0.15) is 38.7 Å². The highest BCUT2D eigenvalue weighted by molar-refractivity contribution is 7.92. The molecule has 170 valence electrons. The molecule has 0 saturated heterocycles. The van der Waals surface area contributed by atoms with E-state index in [2.05, 4.69) is 19.2 Å². The molecule has 2 aromatic carbocycles. The van der Waals surface area contributed by atoms with Gasteiger partial charge >= 0.3 is 0 Å². The lowest BCUT2D eigenvalue weighted by Crippen LogP contribution is -2.50. The number of ether oxygens (including phenoxy) is 2. The van der Waals surface area contributed by atoms with E-state index in [1.54, 1.807) is 31.2 Å². The molecule has 0 fully saturated rings. The van der Waals surface area contributed by atoms with E-state index in [0.29, 0.717) is 23.8 Å². The van der Waals surface area contributed by atoms with Gasteiger partial charge in [0.15, 0.2) is 0 Å². The van der Waals surface area contributed by atoms with Crippen LogP contribution in [0.2, 0.25) is 0 Å². The summed E-state index contributed by atoms with van der Waals surface area (Å²) in [5, 5.41) is 2.80. The van der Waals surface area contributed by atoms with E-state index in [0.717, 1.165) is 21.9 Å². The maximum Gasteiger partial charge on any atom is 0.244 e. The van der Waals surface area contributed by atoms with Crippen LogP contribution in [-0.4, -0.2) is 46.9 Å². The first kappa shape index (κ1) is 24.5. The molecule has 0 aliphatic carbocycles. The summed E-state index contributed by atoms with van der Waals surface area (Å²) in [6, 6.07) is 13.5. The zero-order valence-electron chi connectivity index (χ0n) is 18.8. The Morgan fingerprint density at radius 3 is 2.29 bits per heavy atom. The molecule has 1 amide bonds. The number of nitrogens with one attached hydrogen (secondary N) is 1. The van der Waals surface area contributed by atoms with Gasteiger partial charge in [-0.15, -0.1) is 0 Å². The van der Waals surface area contributed by atoms with Crippen LogP contribution in [0.5, 0.6) is 11.5 Å². The molecule has 1 N–H and O–H groups in total. The Labute approximate surface area is 185 Å². The third-order valence-electron chi connectivity index (χ3n) is 4.86. The number of rotatable bonds is 11. The molecule has 7 nitrogen and oxygen atoms in total. The third-order valence-corrected chi connectivity index (χ3v) is 6.04. The highest BCUT2D eigenvalue weighted by Crippen LogP contribution is 2.26. The number of benzene rings is 2. The molecule has 0 heterocycles. The van der Waals surface area contributed by atoms with Crippen LogP contribution in [0.4, 0.5) is 5.69 Å². The van der Waals surface area contributed by atoms with E-state index in [1.807, 2.05) is 24.3 Å². The molecule has 0 aliphatic rings. The summed E-state index contributed by atoms with van der Waals surface area (Å²) in [4.78, 5) is 12.8. The van der Waals surface area contributed by atoms with Crippen LogP contribution in [0.25, 0.3) is 0 Å². The second-order valence-corrected chi connectivity index (χ2v) is 9.37. The molecule has 0 aromatic heterocycles. The molecular formula is C23H32N2O5S. The highest BCUT2D eigenvalue weighted by atomic mass is 32.2. The van der Waals surface area contributed by atoms with Gasteiger partial charge in [0.05, 0.1) is 25.6 Å². The van der Waals surface area contributed by atoms with Gasteiger partial charge in [-0.2, -0.15) is 0 Å². The van der Waals surface area contributed by atoms with Crippen molar-refractivity contribution < 1.29 is 22.7 Å². The van der Waals surface area contributed by atoms with Crippen LogP contribution in [0, 0.1) is 0 Å². The fourth-order valence-electron chi connectivity index (χ4n) is 3.33. The molecule has 2 rings (SSSR count). The van der Waals surface area contributed by atoms with Gasteiger partial charge in [-0.3, -0.25) is 9.10 Å². The van der Waals surface area contributed by atoms with E-state index < -0.39 is 16.1 Å². The van der Waals surface area contributed by atoms with Crippen LogP contribution in [-0.2, 0) is 14.8 Å². The molecule has 0 radical (unpaired) electrons. The molecule has 31 heavy (non-hydrogen) atoms. The summed E-state index contributed by atoms with van der Waals surface area (Å²) < 4.78 is 37.1. The molecule has 0 unspecified atom stereocenters. The van der Waals surface area contributed by atoms with Gasteiger partial charge in [0.25, 0.3) is 0 Å². The number of anilines is 1. The minimum Gasteiger partial charge on any atom is -0.497 e. The van der Waals surface area contributed by atoms with E-state index in [4.69, 9.17) is 9.47 Å². The Balaban J connectivity index is 2.06. The smallest absolute Gasteiger partial charge is 0.244 e. The zero-order valence-corrected chi connectivity index (χ0v) is 19.6. The van der Waals surface area contributed by atoms with Gasteiger partial charge in [0.2, 0.25) is 15.9 Å². The van der Waals surface area contributed by atoms with Gasteiger partial charge in [0.1, 0.15) is 24.1 Å². The molecule has 0 saturated carbocycles. The van der Waals surface area contributed by atoms with Gasteiger partial charge in [-0.05, 0) is 48.2 Å². The molecule has 8 heteroatoms. The van der Waals surface area contributed by atoms with Gasteiger partial charge < -0.3 is 14.8 Å². The van der Waals surface area contributed by atoms with Crippen LogP contribution in [0.15, 0.2) is 48.5 Å². The second kappa shape index (κ2) is 11.0. The third kappa shape index (κ3) is 6.62.